The summed E-state index contributed by atoms with van der Waals surface area (Å²) in [5.74, 6) is 1.65. The quantitative estimate of drug-likeness (QED) is 0.527. The average molecular weight is 385 g/mol. The van der Waals surface area contributed by atoms with Crippen molar-refractivity contribution >= 4 is 28.3 Å². The van der Waals surface area contributed by atoms with Crippen LogP contribution in [0.25, 0.3) is 17.0 Å². The highest BCUT2D eigenvalue weighted by atomic mass is 16.1. The Morgan fingerprint density at radius 2 is 1.97 bits per heavy atom. The van der Waals surface area contributed by atoms with Gasteiger partial charge < -0.3 is 10.3 Å². The minimum absolute atomic E-state index is 0.133. The van der Waals surface area contributed by atoms with Crippen LogP contribution in [0.5, 0.6) is 0 Å². The number of carbonyl (C=O) groups excluding carboxylic acids is 1. The Morgan fingerprint density at radius 1 is 1.14 bits per heavy atom. The van der Waals surface area contributed by atoms with E-state index in [9.17, 15) is 4.79 Å². The predicted octanol–water partition coefficient (Wildman–Crippen LogP) is 4.87. The molecule has 1 atom stereocenters. The summed E-state index contributed by atoms with van der Waals surface area (Å²) >= 11 is 0. The normalized spacial score (nSPS) is 16.2. The first-order valence-corrected chi connectivity index (χ1v) is 9.94. The van der Waals surface area contributed by atoms with Crippen molar-refractivity contribution in [2.75, 3.05) is 5.32 Å². The zero-order valence-corrected chi connectivity index (χ0v) is 16.8. The molecule has 2 heterocycles. The minimum atomic E-state index is 0.133. The lowest BCUT2D eigenvalue weighted by Crippen LogP contribution is -2.20. The van der Waals surface area contributed by atoms with Gasteiger partial charge in [0.25, 0.3) is 0 Å². The van der Waals surface area contributed by atoms with Crippen LogP contribution >= 0.6 is 0 Å². The zero-order valence-electron chi connectivity index (χ0n) is 16.8. The van der Waals surface area contributed by atoms with E-state index in [-0.39, 0.29) is 11.7 Å². The number of carbonyl (C=O) groups is 1. The second kappa shape index (κ2) is 6.58. The van der Waals surface area contributed by atoms with Gasteiger partial charge in [0.05, 0.1) is 22.3 Å². The van der Waals surface area contributed by atoms with Gasteiger partial charge >= 0.3 is 0 Å². The van der Waals surface area contributed by atoms with Gasteiger partial charge in [0.15, 0.2) is 11.6 Å². The standard InChI is InChI=1S/C23H23N5O/c1-13-8-9-16(15(3)10-13)24-22-21-19(11-14(2)12-20(21)29)28(27-22)23-25-17-6-4-5-7-18(17)26-23/h4-10,14H,11-12H2,1-3H3,(H,24,27)(H,25,26). The summed E-state index contributed by atoms with van der Waals surface area (Å²) in [5.41, 5.74) is 6.71. The molecule has 0 fully saturated rings. The highest BCUT2D eigenvalue weighted by Crippen LogP contribution is 2.34. The third-order valence-corrected chi connectivity index (χ3v) is 5.55. The smallest absolute Gasteiger partial charge is 0.229 e. The van der Waals surface area contributed by atoms with Crippen LogP contribution in [-0.4, -0.2) is 25.5 Å². The Bertz CT molecular complexity index is 1220. The van der Waals surface area contributed by atoms with E-state index in [1.54, 1.807) is 4.68 Å². The second-order valence-corrected chi connectivity index (χ2v) is 8.04. The molecule has 2 aromatic carbocycles. The van der Waals surface area contributed by atoms with Gasteiger partial charge in [0.2, 0.25) is 5.95 Å². The van der Waals surface area contributed by atoms with Gasteiger partial charge in [-0.15, -0.1) is 5.10 Å². The third-order valence-electron chi connectivity index (χ3n) is 5.55. The molecule has 0 saturated carbocycles. The summed E-state index contributed by atoms with van der Waals surface area (Å²) in [6.07, 6.45) is 1.33. The molecule has 0 amide bonds. The lowest BCUT2D eigenvalue weighted by molar-refractivity contribution is 0.0953. The molecule has 0 saturated heterocycles. The van der Waals surface area contributed by atoms with Crippen LogP contribution in [-0.2, 0) is 6.42 Å². The number of imidazole rings is 1. The van der Waals surface area contributed by atoms with Crippen molar-refractivity contribution < 1.29 is 4.79 Å². The number of nitrogens with zero attached hydrogens (tertiary/aromatic N) is 3. The topological polar surface area (TPSA) is 75.6 Å². The van der Waals surface area contributed by atoms with Crippen molar-refractivity contribution in [3.8, 4) is 5.95 Å². The van der Waals surface area contributed by atoms with Gasteiger partial charge in [-0.2, -0.15) is 0 Å². The molecule has 0 bridgehead atoms. The van der Waals surface area contributed by atoms with E-state index in [0.29, 0.717) is 23.8 Å². The van der Waals surface area contributed by atoms with E-state index in [2.05, 4.69) is 43.2 Å². The van der Waals surface area contributed by atoms with E-state index in [1.165, 1.54) is 5.56 Å². The maximum Gasteiger partial charge on any atom is 0.229 e. The van der Waals surface area contributed by atoms with Crippen molar-refractivity contribution in [2.24, 2.45) is 5.92 Å². The van der Waals surface area contributed by atoms with Crippen LogP contribution in [0.1, 0.15) is 40.5 Å². The monoisotopic (exact) mass is 385 g/mol. The Kier molecular flexibility index (Phi) is 4.01. The fourth-order valence-electron chi connectivity index (χ4n) is 4.14. The van der Waals surface area contributed by atoms with Crippen molar-refractivity contribution in [1.82, 2.24) is 19.7 Å². The fraction of sp³-hybridized carbons (Fsp3) is 0.261. The summed E-state index contributed by atoms with van der Waals surface area (Å²) in [7, 11) is 0. The van der Waals surface area contributed by atoms with Crippen LogP contribution in [0.2, 0.25) is 0 Å². The van der Waals surface area contributed by atoms with Crippen molar-refractivity contribution in [2.45, 2.75) is 33.6 Å². The van der Waals surface area contributed by atoms with Gasteiger partial charge in [-0.25, -0.2) is 9.67 Å². The Morgan fingerprint density at radius 3 is 2.76 bits per heavy atom. The number of aryl methyl sites for hydroxylation is 2. The van der Waals surface area contributed by atoms with E-state index < -0.39 is 0 Å². The molecular formula is C23H23N5O. The molecule has 2 N–H and O–H groups in total. The molecule has 4 aromatic rings. The van der Waals surface area contributed by atoms with E-state index >= 15 is 0 Å². The summed E-state index contributed by atoms with van der Waals surface area (Å²) in [4.78, 5) is 21.0. The second-order valence-electron chi connectivity index (χ2n) is 8.04. The number of H-pyrrole nitrogens is 1. The molecule has 146 valence electrons. The maximum atomic E-state index is 12.9. The molecule has 1 aliphatic rings. The lowest BCUT2D eigenvalue weighted by atomic mass is 9.88. The van der Waals surface area contributed by atoms with Crippen LogP contribution in [0.4, 0.5) is 11.5 Å². The highest BCUT2D eigenvalue weighted by Gasteiger charge is 2.32. The molecule has 29 heavy (non-hydrogen) atoms. The number of fused-ring (bicyclic) bond motifs is 2. The molecule has 5 rings (SSSR count). The molecule has 6 heteroatoms. The molecular weight excluding hydrogens is 362 g/mol. The first-order valence-electron chi connectivity index (χ1n) is 9.94. The number of hydrogen-bond donors (Lipinski definition) is 2. The van der Waals surface area contributed by atoms with Gasteiger partial charge in [-0.3, -0.25) is 4.79 Å². The van der Waals surface area contributed by atoms with E-state index in [1.807, 2.05) is 30.3 Å². The van der Waals surface area contributed by atoms with Gasteiger partial charge in [-0.05, 0) is 49.9 Å². The van der Waals surface area contributed by atoms with Crippen molar-refractivity contribution in [1.29, 1.82) is 0 Å². The number of benzene rings is 2. The van der Waals surface area contributed by atoms with Crippen LogP contribution < -0.4 is 5.32 Å². The maximum absolute atomic E-state index is 12.9. The molecule has 1 aliphatic carbocycles. The SMILES string of the molecule is Cc1ccc(Nc2nn(-c3nc4ccccc4[nH]3)c3c2C(=O)CC(C)C3)c(C)c1. The highest BCUT2D eigenvalue weighted by molar-refractivity contribution is 6.03. The van der Waals surface area contributed by atoms with E-state index in [0.717, 1.165) is 34.4 Å². The molecule has 6 nitrogen and oxygen atoms in total. The van der Waals surface area contributed by atoms with Crippen molar-refractivity contribution in [3.05, 3.63) is 64.8 Å². The van der Waals surface area contributed by atoms with Crippen LogP contribution in [0.15, 0.2) is 42.5 Å². The number of nitrogens with one attached hydrogen (secondary N) is 2. The number of aromatic amines is 1. The van der Waals surface area contributed by atoms with Gasteiger partial charge in [0, 0.05) is 12.1 Å². The molecule has 0 spiro atoms. The number of Topliss-reactive ketones (excluding diaryl/α,β-unsaturated/α-hetero) is 1. The molecule has 0 aliphatic heterocycles. The Hall–Kier alpha value is -3.41. The largest absolute Gasteiger partial charge is 0.338 e. The van der Waals surface area contributed by atoms with Crippen molar-refractivity contribution in [3.63, 3.8) is 0 Å². The minimum Gasteiger partial charge on any atom is -0.338 e. The first-order chi connectivity index (χ1) is 14.0. The third kappa shape index (κ3) is 3.01. The fourth-order valence-corrected chi connectivity index (χ4v) is 4.14. The number of rotatable bonds is 3. The molecule has 0 radical (unpaired) electrons. The average Bonchev–Trinajstić information content (AvgIpc) is 3.25. The van der Waals surface area contributed by atoms with Gasteiger partial charge in [0.1, 0.15) is 0 Å². The number of aromatic nitrogens is 4. The zero-order chi connectivity index (χ0) is 20.1. The lowest BCUT2D eigenvalue weighted by Gasteiger charge is -2.18. The molecule has 1 unspecified atom stereocenters. The van der Waals surface area contributed by atoms with Crippen LogP contribution in [0, 0.1) is 19.8 Å². The number of hydrogen-bond acceptors (Lipinski definition) is 4. The summed E-state index contributed by atoms with van der Waals surface area (Å²) in [5, 5.41) is 8.19. The van der Waals surface area contributed by atoms with E-state index in [4.69, 9.17) is 10.1 Å². The number of anilines is 2. The Labute approximate surface area is 169 Å². The molecule has 2 aromatic heterocycles. The summed E-state index contributed by atoms with van der Waals surface area (Å²) < 4.78 is 1.80. The Balaban J connectivity index is 1.66. The van der Waals surface area contributed by atoms with Gasteiger partial charge in [-0.1, -0.05) is 36.8 Å². The summed E-state index contributed by atoms with van der Waals surface area (Å²) in [6, 6.07) is 14.1. The van der Waals surface area contributed by atoms with Crippen LogP contribution in [0.3, 0.4) is 0 Å². The summed E-state index contributed by atoms with van der Waals surface area (Å²) in [6.45, 7) is 6.23. The first kappa shape index (κ1) is 17.7. The number of ketones is 1. The number of para-hydroxylation sites is 2. The predicted molar refractivity (Wildman–Crippen MR) is 114 cm³/mol.